The van der Waals surface area contributed by atoms with Gasteiger partial charge in [0, 0.05) is 25.1 Å². The predicted octanol–water partition coefficient (Wildman–Crippen LogP) is 2.06. The van der Waals surface area contributed by atoms with Crippen molar-refractivity contribution in [1.29, 1.82) is 0 Å². The van der Waals surface area contributed by atoms with Crippen molar-refractivity contribution in [3.05, 3.63) is 65.7 Å². The number of benzene rings is 2. The van der Waals surface area contributed by atoms with Crippen LogP contribution in [-0.2, 0) is 16.1 Å². The number of ether oxygens (including phenoxy) is 1. The SMILES string of the molecule is NC(=O)COc1ccc(C(=O)N(CCCC(=O)O)Cc2ccccc2)cc1. The molecule has 3 N–H and O–H groups in total. The first-order valence-electron chi connectivity index (χ1n) is 8.52. The van der Waals surface area contributed by atoms with Crippen molar-refractivity contribution in [3.63, 3.8) is 0 Å². The summed E-state index contributed by atoms with van der Waals surface area (Å²) in [6, 6.07) is 15.9. The topological polar surface area (TPSA) is 110 Å². The molecular formula is C20H22N2O5. The van der Waals surface area contributed by atoms with E-state index >= 15 is 0 Å². The highest BCUT2D eigenvalue weighted by molar-refractivity contribution is 5.94. The molecule has 0 radical (unpaired) electrons. The summed E-state index contributed by atoms with van der Waals surface area (Å²) in [6.45, 7) is 0.488. The third-order valence-corrected chi connectivity index (χ3v) is 3.80. The van der Waals surface area contributed by atoms with Crippen LogP contribution in [0.5, 0.6) is 5.75 Å². The molecule has 0 saturated heterocycles. The number of hydrogen-bond donors (Lipinski definition) is 2. The van der Waals surface area contributed by atoms with Crippen molar-refractivity contribution < 1.29 is 24.2 Å². The molecule has 0 bridgehead atoms. The van der Waals surface area contributed by atoms with Crippen LogP contribution in [0.4, 0.5) is 0 Å². The van der Waals surface area contributed by atoms with Gasteiger partial charge >= 0.3 is 5.97 Å². The Balaban J connectivity index is 2.09. The van der Waals surface area contributed by atoms with Gasteiger partial charge < -0.3 is 20.5 Å². The minimum Gasteiger partial charge on any atom is -0.484 e. The minimum absolute atomic E-state index is 0.00152. The number of carboxylic acids is 1. The van der Waals surface area contributed by atoms with Crippen LogP contribution in [0.1, 0.15) is 28.8 Å². The highest BCUT2D eigenvalue weighted by Gasteiger charge is 2.16. The number of aliphatic carboxylic acids is 1. The van der Waals surface area contributed by atoms with Gasteiger partial charge in [-0.25, -0.2) is 0 Å². The fraction of sp³-hybridized carbons (Fsp3) is 0.250. The number of nitrogens with zero attached hydrogens (tertiary/aromatic N) is 1. The molecule has 7 heteroatoms. The maximum Gasteiger partial charge on any atom is 0.303 e. The van der Waals surface area contributed by atoms with Gasteiger partial charge in [0.05, 0.1) is 0 Å². The Morgan fingerprint density at radius 3 is 2.26 bits per heavy atom. The molecule has 0 heterocycles. The van der Waals surface area contributed by atoms with Gasteiger partial charge in [-0.2, -0.15) is 0 Å². The van der Waals surface area contributed by atoms with E-state index in [-0.39, 0.29) is 18.9 Å². The smallest absolute Gasteiger partial charge is 0.303 e. The standard InChI is InChI=1S/C20H22N2O5/c21-18(23)14-27-17-10-8-16(9-11-17)20(26)22(12-4-7-19(24)25)13-15-5-2-1-3-6-15/h1-3,5-6,8-11H,4,7,12-14H2,(H2,21,23)(H,24,25). The van der Waals surface area contributed by atoms with Crippen molar-refractivity contribution in [2.45, 2.75) is 19.4 Å². The molecular weight excluding hydrogens is 348 g/mol. The predicted molar refractivity (Wildman–Crippen MR) is 99.2 cm³/mol. The van der Waals surface area contributed by atoms with Crippen molar-refractivity contribution >= 4 is 17.8 Å². The molecule has 0 saturated carbocycles. The van der Waals surface area contributed by atoms with E-state index in [9.17, 15) is 14.4 Å². The number of carboxylic acid groups (broad SMARTS) is 1. The van der Waals surface area contributed by atoms with Crippen molar-refractivity contribution in [1.82, 2.24) is 4.90 Å². The van der Waals surface area contributed by atoms with Crippen LogP contribution in [-0.4, -0.2) is 40.9 Å². The minimum atomic E-state index is -0.891. The Morgan fingerprint density at radius 2 is 1.67 bits per heavy atom. The number of carbonyl (C=O) groups is 3. The quantitative estimate of drug-likeness (QED) is 0.665. The van der Waals surface area contributed by atoms with E-state index in [4.69, 9.17) is 15.6 Å². The van der Waals surface area contributed by atoms with Gasteiger partial charge in [-0.3, -0.25) is 14.4 Å². The molecule has 0 aliphatic carbocycles. The van der Waals surface area contributed by atoms with Gasteiger partial charge in [-0.15, -0.1) is 0 Å². The van der Waals surface area contributed by atoms with E-state index in [0.717, 1.165) is 5.56 Å². The van der Waals surface area contributed by atoms with E-state index in [1.165, 1.54) is 0 Å². The molecule has 7 nitrogen and oxygen atoms in total. The summed E-state index contributed by atoms with van der Waals surface area (Å²) >= 11 is 0. The van der Waals surface area contributed by atoms with Gasteiger partial charge in [0.25, 0.3) is 11.8 Å². The summed E-state index contributed by atoms with van der Waals surface area (Å²) in [5.74, 6) is -1.24. The number of primary amides is 1. The number of amides is 2. The first kappa shape index (κ1) is 20.0. The second kappa shape index (κ2) is 9.96. The molecule has 2 aromatic carbocycles. The fourth-order valence-corrected chi connectivity index (χ4v) is 2.51. The van der Waals surface area contributed by atoms with E-state index in [1.807, 2.05) is 30.3 Å². The molecule has 0 unspecified atom stereocenters. The molecule has 0 spiro atoms. The fourth-order valence-electron chi connectivity index (χ4n) is 2.51. The lowest BCUT2D eigenvalue weighted by Gasteiger charge is -2.23. The summed E-state index contributed by atoms with van der Waals surface area (Å²) in [4.78, 5) is 36.0. The Hall–Kier alpha value is -3.35. The van der Waals surface area contributed by atoms with Crippen molar-refractivity contribution in [3.8, 4) is 5.75 Å². The zero-order chi connectivity index (χ0) is 19.6. The molecule has 2 amide bonds. The van der Waals surface area contributed by atoms with E-state index < -0.39 is 11.9 Å². The van der Waals surface area contributed by atoms with Gasteiger partial charge in [0.1, 0.15) is 5.75 Å². The normalized spacial score (nSPS) is 10.2. The number of nitrogens with two attached hydrogens (primary N) is 1. The van der Waals surface area contributed by atoms with E-state index in [2.05, 4.69) is 0 Å². The lowest BCUT2D eigenvalue weighted by atomic mass is 10.1. The molecule has 0 atom stereocenters. The number of carbonyl (C=O) groups excluding carboxylic acids is 2. The van der Waals surface area contributed by atoms with Crippen LogP contribution >= 0.6 is 0 Å². The summed E-state index contributed by atoms with van der Waals surface area (Å²) in [7, 11) is 0. The summed E-state index contributed by atoms with van der Waals surface area (Å²) in [5, 5.41) is 8.84. The largest absolute Gasteiger partial charge is 0.484 e. The first-order valence-corrected chi connectivity index (χ1v) is 8.52. The highest BCUT2D eigenvalue weighted by Crippen LogP contribution is 2.16. The first-order chi connectivity index (χ1) is 13.0. The van der Waals surface area contributed by atoms with Gasteiger partial charge in [0.15, 0.2) is 6.61 Å². The van der Waals surface area contributed by atoms with Gasteiger partial charge in [0.2, 0.25) is 0 Å². The molecule has 27 heavy (non-hydrogen) atoms. The molecule has 142 valence electrons. The highest BCUT2D eigenvalue weighted by atomic mass is 16.5. The lowest BCUT2D eigenvalue weighted by molar-refractivity contribution is -0.137. The zero-order valence-corrected chi connectivity index (χ0v) is 14.8. The average Bonchev–Trinajstić information content (AvgIpc) is 2.66. The van der Waals surface area contributed by atoms with Crippen LogP contribution in [0.3, 0.4) is 0 Å². The zero-order valence-electron chi connectivity index (χ0n) is 14.8. The van der Waals surface area contributed by atoms with Crippen LogP contribution in [0.2, 0.25) is 0 Å². The second-order valence-corrected chi connectivity index (χ2v) is 5.99. The summed E-state index contributed by atoms with van der Waals surface area (Å²) in [5.41, 5.74) is 6.44. The van der Waals surface area contributed by atoms with E-state index in [0.29, 0.717) is 30.8 Å². The third kappa shape index (κ3) is 6.81. The van der Waals surface area contributed by atoms with Crippen molar-refractivity contribution in [2.75, 3.05) is 13.2 Å². The van der Waals surface area contributed by atoms with Crippen molar-refractivity contribution in [2.24, 2.45) is 5.73 Å². The molecule has 2 aromatic rings. The Bertz CT molecular complexity index is 775. The lowest BCUT2D eigenvalue weighted by Crippen LogP contribution is -2.31. The van der Waals surface area contributed by atoms with Crippen LogP contribution in [0, 0.1) is 0 Å². The van der Waals surface area contributed by atoms with Crippen LogP contribution in [0.25, 0.3) is 0 Å². The maximum absolute atomic E-state index is 12.9. The number of hydrogen-bond acceptors (Lipinski definition) is 4. The molecule has 2 rings (SSSR count). The van der Waals surface area contributed by atoms with E-state index in [1.54, 1.807) is 29.2 Å². The Kier molecular flexibility index (Phi) is 7.37. The summed E-state index contributed by atoms with van der Waals surface area (Å²) < 4.78 is 5.18. The monoisotopic (exact) mass is 370 g/mol. The Labute approximate surface area is 157 Å². The Morgan fingerprint density at radius 1 is 1.00 bits per heavy atom. The van der Waals surface area contributed by atoms with Gasteiger partial charge in [-0.05, 0) is 36.2 Å². The molecule has 0 aliphatic rings. The molecule has 0 aromatic heterocycles. The second-order valence-electron chi connectivity index (χ2n) is 5.99. The maximum atomic E-state index is 12.9. The number of rotatable bonds is 10. The van der Waals surface area contributed by atoms with Crippen LogP contribution < -0.4 is 10.5 Å². The average molecular weight is 370 g/mol. The third-order valence-electron chi connectivity index (χ3n) is 3.80. The summed E-state index contributed by atoms with van der Waals surface area (Å²) in [6.07, 6.45) is 0.367. The van der Waals surface area contributed by atoms with Gasteiger partial charge in [-0.1, -0.05) is 30.3 Å². The molecule has 0 aliphatic heterocycles. The molecule has 0 fully saturated rings. The van der Waals surface area contributed by atoms with Crippen LogP contribution in [0.15, 0.2) is 54.6 Å².